The molecule has 146 valence electrons. The number of nitrogens with one attached hydrogen (secondary N) is 1. The minimum atomic E-state index is -0.178. The van der Waals surface area contributed by atoms with E-state index in [0.29, 0.717) is 0 Å². The molecule has 2 aromatic carbocycles. The van der Waals surface area contributed by atoms with Gasteiger partial charge in [-0.3, -0.25) is 4.90 Å². The fourth-order valence-corrected chi connectivity index (χ4v) is 3.21. The Labute approximate surface area is 166 Å². The Kier molecular flexibility index (Phi) is 8.55. The molecule has 0 aliphatic carbocycles. The lowest BCUT2D eigenvalue weighted by atomic mass is 10.1. The van der Waals surface area contributed by atoms with Gasteiger partial charge in [0, 0.05) is 31.9 Å². The third-order valence-corrected chi connectivity index (χ3v) is 4.79. The van der Waals surface area contributed by atoms with E-state index < -0.39 is 0 Å². The highest BCUT2D eigenvalue weighted by atomic mass is 35.5. The van der Waals surface area contributed by atoms with E-state index in [-0.39, 0.29) is 24.3 Å². The molecule has 6 heteroatoms. The number of hydrogen-bond acceptors (Lipinski definition) is 2. The Hall–Kier alpha value is -2.11. The molecule has 0 aromatic heterocycles. The first-order chi connectivity index (χ1) is 12.7. The maximum atomic E-state index is 12.9. The van der Waals surface area contributed by atoms with Gasteiger partial charge < -0.3 is 10.2 Å². The number of nitrogens with zero attached hydrogens (tertiary/aromatic N) is 2. The number of hydrogen-bond donors (Lipinski definition) is 1. The van der Waals surface area contributed by atoms with E-state index in [9.17, 15) is 9.18 Å². The number of carbonyl (C=O) groups is 1. The molecule has 2 aromatic rings. The Morgan fingerprint density at radius 3 is 2.26 bits per heavy atom. The summed E-state index contributed by atoms with van der Waals surface area (Å²) >= 11 is 0. The van der Waals surface area contributed by atoms with Crippen molar-refractivity contribution in [3.05, 3.63) is 66.0 Å². The average molecular weight is 392 g/mol. The Morgan fingerprint density at radius 1 is 0.926 bits per heavy atom. The van der Waals surface area contributed by atoms with Crippen molar-refractivity contribution in [3.8, 4) is 0 Å². The van der Waals surface area contributed by atoms with Crippen molar-refractivity contribution in [2.45, 2.75) is 19.3 Å². The molecule has 1 fully saturated rings. The van der Waals surface area contributed by atoms with Crippen molar-refractivity contribution in [3.63, 3.8) is 0 Å². The molecule has 2 amide bonds. The summed E-state index contributed by atoms with van der Waals surface area (Å²) in [4.78, 5) is 16.6. The first kappa shape index (κ1) is 21.2. The first-order valence-corrected chi connectivity index (χ1v) is 9.28. The summed E-state index contributed by atoms with van der Waals surface area (Å²) in [5, 5.41) is 2.94. The van der Waals surface area contributed by atoms with E-state index in [1.54, 1.807) is 0 Å². The number of anilines is 1. The maximum absolute atomic E-state index is 12.9. The predicted molar refractivity (Wildman–Crippen MR) is 110 cm³/mol. The van der Waals surface area contributed by atoms with Crippen LogP contribution in [0.25, 0.3) is 0 Å². The van der Waals surface area contributed by atoms with Crippen LogP contribution >= 0.6 is 12.4 Å². The number of piperazine rings is 1. The summed E-state index contributed by atoms with van der Waals surface area (Å²) in [6.45, 7) is 4.40. The molecule has 1 aliphatic rings. The van der Waals surface area contributed by atoms with E-state index in [4.69, 9.17) is 0 Å². The zero-order valence-electron chi connectivity index (χ0n) is 15.4. The van der Waals surface area contributed by atoms with Gasteiger partial charge in [0.15, 0.2) is 0 Å². The minimum absolute atomic E-state index is 0. The maximum Gasteiger partial charge on any atom is 0.321 e. The molecular weight excluding hydrogens is 365 g/mol. The average Bonchev–Trinajstić information content (AvgIpc) is 2.68. The topological polar surface area (TPSA) is 35.6 Å². The molecule has 3 rings (SSSR count). The van der Waals surface area contributed by atoms with Gasteiger partial charge in [0.2, 0.25) is 0 Å². The molecule has 0 radical (unpaired) electrons. The molecule has 1 heterocycles. The van der Waals surface area contributed by atoms with E-state index in [1.165, 1.54) is 17.7 Å². The van der Waals surface area contributed by atoms with Crippen LogP contribution in [0.1, 0.15) is 18.4 Å². The molecule has 1 N–H and O–H groups in total. The summed E-state index contributed by atoms with van der Waals surface area (Å²) in [5.74, 6) is -0.178. The number of carbonyl (C=O) groups excluding carboxylic acids is 1. The van der Waals surface area contributed by atoms with Crippen LogP contribution < -0.4 is 5.32 Å². The summed E-state index contributed by atoms with van der Waals surface area (Å²) in [6.07, 6.45) is 3.20. The smallest absolute Gasteiger partial charge is 0.321 e. The van der Waals surface area contributed by atoms with Crippen LogP contribution in [-0.4, -0.2) is 48.6 Å². The lowest BCUT2D eigenvalue weighted by Crippen LogP contribution is -2.50. The van der Waals surface area contributed by atoms with E-state index in [1.807, 2.05) is 47.4 Å². The van der Waals surface area contributed by atoms with Crippen molar-refractivity contribution in [1.82, 2.24) is 9.80 Å². The molecule has 27 heavy (non-hydrogen) atoms. The number of rotatable bonds is 6. The van der Waals surface area contributed by atoms with Crippen LogP contribution in [0.5, 0.6) is 0 Å². The van der Waals surface area contributed by atoms with Gasteiger partial charge in [0.05, 0.1) is 0 Å². The number of aryl methyl sites for hydroxylation is 1. The van der Waals surface area contributed by atoms with Crippen molar-refractivity contribution in [1.29, 1.82) is 0 Å². The molecule has 1 aliphatic heterocycles. The highest BCUT2D eigenvalue weighted by Crippen LogP contribution is 2.11. The van der Waals surface area contributed by atoms with E-state index in [0.717, 1.165) is 57.7 Å². The molecule has 0 atom stereocenters. The predicted octanol–water partition coefficient (Wildman–Crippen LogP) is 4.42. The lowest BCUT2D eigenvalue weighted by Gasteiger charge is -2.34. The molecule has 0 spiro atoms. The largest absolute Gasteiger partial charge is 0.322 e. The van der Waals surface area contributed by atoms with Crippen molar-refractivity contribution in [2.24, 2.45) is 0 Å². The lowest BCUT2D eigenvalue weighted by molar-refractivity contribution is 0.146. The van der Waals surface area contributed by atoms with Crippen LogP contribution in [0.4, 0.5) is 14.9 Å². The van der Waals surface area contributed by atoms with Crippen molar-refractivity contribution in [2.75, 3.05) is 38.0 Å². The van der Waals surface area contributed by atoms with Crippen LogP contribution in [-0.2, 0) is 6.42 Å². The SMILES string of the molecule is Cl.O=C(Nc1ccccc1)N1CCN(CCCCc2ccc(F)cc2)CC1. The second-order valence-electron chi connectivity index (χ2n) is 6.71. The van der Waals surface area contributed by atoms with Crippen molar-refractivity contribution >= 4 is 24.1 Å². The van der Waals surface area contributed by atoms with E-state index >= 15 is 0 Å². The Morgan fingerprint density at radius 2 is 1.59 bits per heavy atom. The zero-order valence-corrected chi connectivity index (χ0v) is 16.3. The molecule has 4 nitrogen and oxygen atoms in total. The van der Waals surface area contributed by atoms with Gasteiger partial charge in [-0.2, -0.15) is 0 Å². The van der Waals surface area contributed by atoms with Crippen LogP contribution in [0.3, 0.4) is 0 Å². The number of halogens is 2. The highest BCUT2D eigenvalue weighted by molar-refractivity contribution is 5.89. The third-order valence-electron chi connectivity index (χ3n) is 4.79. The van der Waals surface area contributed by atoms with E-state index in [2.05, 4.69) is 10.2 Å². The third kappa shape index (κ3) is 6.85. The molecule has 0 saturated carbocycles. The van der Waals surface area contributed by atoms with Crippen LogP contribution in [0.15, 0.2) is 54.6 Å². The summed E-state index contributed by atoms with van der Waals surface area (Å²) in [6, 6.07) is 16.3. The van der Waals surface area contributed by atoms with Gasteiger partial charge in [-0.25, -0.2) is 9.18 Å². The van der Waals surface area contributed by atoms with Gasteiger partial charge in [0.1, 0.15) is 5.82 Å². The summed E-state index contributed by atoms with van der Waals surface area (Å²) in [7, 11) is 0. The molecular formula is C21H27ClFN3O. The van der Waals surface area contributed by atoms with Gasteiger partial charge in [0.25, 0.3) is 0 Å². The molecule has 0 unspecified atom stereocenters. The first-order valence-electron chi connectivity index (χ1n) is 9.28. The minimum Gasteiger partial charge on any atom is -0.322 e. The Balaban J connectivity index is 0.00000261. The number of amides is 2. The van der Waals surface area contributed by atoms with Crippen LogP contribution in [0, 0.1) is 5.82 Å². The van der Waals surface area contributed by atoms with Gasteiger partial charge in [-0.15, -0.1) is 12.4 Å². The fourth-order valence-electron chi connectivity index (χ4n) is 3.21. The highest BCUT2D eigenvalue weighted by Gasteiger charge is 2.20. The monoisotopic (exact) mass is 391 g/mol. The molecule has 1 saturated heterocycles. The van der Waals surface area contributed by atoms with Gasteiger partial charge >= 0.3 is 6.03 Å². The van der Waals surface area contributed by atoms with Crippen LogP contribution in [0.2, 0.25) is 0 Å². The number of unbranched alkanes of at least 4 members (excludes halogenated alkanes) is 1. The summed E-state index contributed by atoms with van der Waals surface area (Å²) < 4.78 is 12.9. The fraction of sp³-hybridized carbons (Fsp3) is 0.381. The number of benzene rings is 2. The number of urea groups is 1. The van der Waals surface area contributed by atoms with Gasteiger partial charge in [-0.1, -0.05) is 30.3 Å². The molecule has 0 bridgehead atoms. The van der Waals surface area contributed by atoms with Gasteiger partial charge in [-0.05, 0) is 55.6 Å². The van der Waals surface area contributed by atoms with Crippen molar-refractivity contribution < 1.29 is 9.18 Å². The number of para-hydroxylation sites is 1. The zero-order chi connectivity index (χ0) is 18.2. The quantitative estimate of drug-likeness (QED) is 0.740. The normalized spacial score (nSPS) is 14.5. The Bertz CT molecular complexity index is 688. The second kappa shape index (κ2) is 10.9. The second-order valence-corrected chi connectivity index (χ2v) is 6.71. The summed E-state index contributed by atoms with van der Waals surface area (Å²) in [5.41, 5.74) is 2.02. The standard InChI is InChI=1S/C21H26FN3O.ClH/c22-19-11-9-18(10-12-19)6-4-5-13-24-14-16-25(17-15-24)21(26)23-20-7-2-1-3-8-20;/h1-3,7-12H,4-6,13-17H2,(H,23,26);1H.